The Morgan fingerprint density at radius 3 is 2.70 bits per heavy atom. The van der Waals surface area contributed by atoms with Crippen molar-refractivity contribution in [3.05, 3.63) is 45.0 Å². The molecule has 1 aromatic carbocycles. The van der Waals surface area contributed by atoms with E-state index in [2.05, 4.69) is 0 Å². The van der Waals surface area contributed by atoms with Crippen LogP contribution in [-0.4, -0.2) is 37.3 Å². The first-order chi connectivity index (χ1) is 11.0. The van der Waals surface area contributed by atoms with Crippen molar-refractivity contribution in [2.24, 2.45) is 11.8 Å². The van der Waals surface area contributed by atoms with Gasteiger partial charge < -0.3 is 9.47 Å². The second-order valence-electron chi connectivity index (χ2n) is 5.80. The number of rotatable bonds is 6. The van der Waals surface area contributed by atoms with E-state index in [9.17, 15) is 14.9 Å². The third-order valence-electron chi connectivity index (χ3n) is 4.48. The third-order valence-corrected chi connectivity index (χ3v) is 4.83. The molecule has 0 amide bonds. The first-order valence-corrected chi connectivity index (χ1v) is 7.82. The standard InChI is InChI=1S/C16H20ClNO5/c1-10-13(8-23-9-22-2)16(18(20)21)12(7-15(10)19)11-5-3-4-6-14(11)17/h3-6,10,12-13,16H,7-9H2,1-2H3/t10-,12-,13+,16-/m1/s1. The zero-order valence-corrected chi connectivity index (χ0v) is 13.9. The molecule has 0 N–H and O–H groups in total. The molecular weight excluding hydrogens is 322 g/mol. The number of carbonyl (C=O) groups is 1. The van der Waals surface area contributed by atoms with Crippen LogP contribution in [-0.2, 0) is 14.3 Å². The van der Waals surface area contributed by atoms with Crippen LogP contribution in [0.5, 0.6) is 0 Å². The molecule has 1 aliphatic carbocycles. The van der Waals surface area contributed by atoms with E-state index in [-0.39, 0.29) is 30.5 Å². The molecule has 0 unspecified atom stereocenters. The Morgan fingerprint density at radius 1 is 1.39 bits per heavy atom. The summed E-state index contributed by atoms with van der Waals surface area (Å²) in [5.74, 6) is -1.48. The lowest BCUT2D eigenvalue weighted by atomic mass is 9.68. The normalized spacial score (nSPS) is 27.9. The fourth-order valence-corrected chi connectivity index (χ4v) is 3.52. The number of nitro groups is 1. The van der Waals surface area contributed by atoms with Gasteiger partial charge in [0.1, 0.15) is 12.6 Å². The first kappa shape index (κ1) is 17.8. The minimum atomic E-state index is -0.917. The van der Waals surface area contributed by atoms with Gasteiger partial charge in [0.05, 0.1) is 18.4 Å². The van der Waals surface area contributed by atoms with E-state index in [4.69, 9.17) is 21.1 Å². The van der Waals surface area contributed by atoms with E-state index < -0.39 is 23.8 Å². The largest absolute Gasteiger partial charge is 0.359 e. The number of ether oxygens (including phenoxy) is 2. The van der Waals surface area contributed by atoms with Gasteiger partial charge in [-0.15, -0.1) is 0 Å². The number of hydrogen-bond donors (Lipinski definition) is 0. The molecule has 2 rings (SSSR count). The molecule has 0 aromatic heterocycles. The highest BCUT2D eigenvalue weighted by atomic mass is 35.5. The lowest BCUT2D eigenvalue weighted by molar-refractivity contribution is -0.540. The fourth-order valence-electron chi connectivity index (χ4n) is 3.24. The molecule has 0 spiro atoms. The van der Waals surface area contributed by atoms with Crippen molar-refractivity contribution in [2.75, 3.05) is 20.5 Å². The smallest absolute Gasteiger partial charge is 0.226 e. The lowest BCUT2D eigenvalue weighted by Gasteiger charge is -2.36. The van der Waals surface area contributed by atoms with E-state index in [0.717, 1.165) is 0 Å². The molecule has 1 aromatic rings. The van der Waals surface area contributed by atoms with Crippen molar-refractivity contribution < 1.29 is 19.2 Å². The molecule has 4 atom stereocenters. The summed E-state index contributed by atoms with van der Waals surface area (Å²) in [5.41, 5.74) is 0.646. The van der Waals surface area contributed by atoms with Gasteiger partial charge in [-0.25, -0.2) is 0 Å². The average Bonchev–Trinajstić information content (AvgIpc) is 2.51. The molecule has 126 valence electrons. The number of ketones is 1. The molecular formula is C16H20ClNO5. The molecule has 0 heterocycles. The van der Waals surface area contributed by atoms with Gasteiger partial charge in [-0.1, -0.05) is 36.7 Å². The minimum absolute atomic E-state index is 0.000892. The predicted octanol–water partition coefficient (Wildman–Crippen LogP) is 2.91. The van der Waals surface area contributed by atoms with Gasteiger partial charge in [-0.2, -0.15) is 0 Å². The van der Waals surface area contributed by atoms with Gasteiger partial charge in [0, 0.05) is 29.4 Å². The van der Waals surface area contributed by atoms with E-state index in [0.29, 0.717) is 10.6 Å². The second-order valence-corrected chi connectivity index (χ2v) is 6.21. The summed E-state index contributed by atoms with van der Waals surface area (Å²) in [5, 5.41) is 12.2. The van der Waals surface area contributed by atoms with Crippen molar-refractivity contribution >= 4 is 17.4 Å². The molecule has 1 fully saturated rings. The van der Waals surface area contributed by atoms with E-state index in [1.54, 1.807) is 31.2 Å². The number of nitrogens with zero attached hydrogens (tertiary/aromatic N) is 1. The molecule has 0 saturated heterocycles. The summed E-state index contributed by atoms with van der Waals surface area (Å²) >= 11 is 6.20. The molecule has 1 saturated carbocycles. The van der Waals surface area contributed by atoms with E-state index in [1.807, 2.05) is 0 Å². The Bertz CT molecular complexity index is 579. The van der Waals surface area contributed by atoms with Crippen LogP contribution in [0.25, 0.3) is 0 Å². The number of carbonyl (C=O) groups excluding carboxylic acids is 1. The number of Topliss-reactive ketones (excluding diaryl/α,β-unsaturated/α-hetero) is 1. The lowest BCUT2D eigenvalue weighted by Crippen LogP contribution is -2.48. The summed E-state index contributed by atoms with van der Waals surface area (Å²) < 4.78 is 10.1. The van der Waals surface area contributed by atoms with Crippen molar-refractivity contribution in [3.8, 4) is 0 Å². The van der Waals surface area contributed by atoms with Gasteiger partial charge >= 0.3 is 0 Å². The second kappa shape index (κ2) is 7.86. The average molecular weight is 342 g/mol. The van der Waals surface area contributed by atoms with Gasteiger partial charge in [-0.05, 0) is 11.6 Å². The van der Waals surface area contributed by atoms with Gasteiger partial charge in [0.15, 0.2) is 0 Å². The number of methoxy groups -OCH3 is 1. The minimum Gasteiger partial charge on any atom is -0.359 e. The molecule has 7 heteroatoms. The molecule has 0 radical (unpaired) electrons. The molecule has 23 heavy (non-hydrogen) atoms. The molecule has 0 aliphatic heterocycles. The zero-order chi connectivity index (χ0) is 17.0. The van der Waals surface area contributed by atoms with Crippen LogP contribution in [0.15, 0.2) is 24.3 Å². The van der Waals surface area contributed by atoms with Crippen molar-refractivity contribution in [1.82, 2.24) is 0 Å². The highest BCUT2D eigenvalue weighted by Crippen LogP contribution is 2.41. The number of hydrogen-bond acceptors (Lipinski definition) is 5. The van der Waals surface area contributed by atoms with Gasteiger partial charge in [0.25, 0.3) is 0 Å². The van der Waals surface area contributed by atoms with Crippen molar-refractivity contribution in [3.63, 3.8) is 0 Å². The van der Waals surface area contributed by atoms with Gasteiger partial charge in [0.2, 0.25) is 6.04 Å². The highest BCUT2D eigenvalue weighted by Gasteiger charge is 2.50. The van der Waals surface area contributed by atoms with E-state index in [1.165, 1.54) is 7.11 Å². The van der Waals surface area contributed by atoms with Crippen LogP contribution < -0.4 is 0 Å². The van der Waals surface area contributed by atoms with Crippen molar-refractivity contribution in [1.29, 1.82) is 0 Å². The quantitative estimate of drug-likeness (QED) is 0.344. The van der Waals surface area contributed by atoms with Crippen LogP contribution in [0.3, 0.4) is 0 Å². The number of benzene rings is 1. The predicted molar refractivity (Wildman–Crippen MR) is 85.1 cm³/mol. The maximum atomic E-state index is 12.3. The summed E-state index contributed by atoms with van der Waals surface area (Å²) in [7, 11) is 1.48. The SMILES string of the molecule is COCOC[C@@H]1[C@H]([N+](=O)[O-])[C@@H](c2ccccc2Cl)CC(=O)[C@@H]1C. The monoisotopic (exact) mass is 341 g/mol. The van der Waals surface area contributed by atoms with Crippen LogP contribution in [0.4, 0.5) is 0 Å². The Balaban J connectivity index is 2.35. The van der Waals surface area contributed by atoms with Crippen LogP contribution in [0.2, 0.25) is 5.02 Å². The summed E-state index contributed by atoms with van der Waals surface area (Å²) in [6.07, 6.45) is 0.122. The third kappa shape index (κ3) is 3.88. The molecule has 6 nitrogen and oxygen atoms in total. The molecule has 1 aliphatic rings. The maximum absolute atomic E-state index is 12.3. The Hall–Kier alpha value is -1.50. The van der Waals surface area contributed by atoms with Gasteiger partial charge in [-0.3, -0.25) is 14.9 Å². The Morgan fingerprint density at radius 2 is 2.09 bits per heavy atom. The summed E-state index contributed by atoms with van der Waals surface area (Å²) in [6, 6.07) is 6.06. The fraction of sp³-hybridized carbons (Fsp3) is 0.562. The van der Waals surface area contributed by atoms with Crippen LogP contribution in [0, 0.1) is 22.0 Å². The summed E-state index contributed by atoms with van der Waals surface area (Å²) in [4.78, 5) is 23.7. The summed E-state index contributed by atoms with van der Waals surface area (Å²) in [6.45, 7) is 1.87. The van der Waals surface area contributed by atoms with Crippen LogP contribution >= 0.6 is 11.6 Å². The maximum Gasteiger partial charge on any atom is 0.226 e. The van der Waals surface area contributed by atoms with Crippen molar-refractivity contribution in [2.45, 2.75) is 25.3 Å². The Labute approximate surface area is 139 Å². The molecule has 0 bridgehead atoms. The topological polar surface area (TPSA) is 78.7 Å². The first-order valence-electron chi connectivity index (χ1n) is 7.44. The highest BCUT2D eigenvalue weighted by molar-refractivity contribution is 6.31. The van der Waals surface area contributed by atoms with E-state index >= 15 is 0 Å². The number of halogens is 1. The Kier molecular flexibility index (Phi) is 6.10. The zero-order valence-electron chi connectivity index (χ0n) is 13.1. The van der Waals surface area contributed by atoms with Crippen LogP contribution in [0.1, 0.15) is 24.8 Å².